The Kier molecular flexibility index (Phi) is 4.15. The van der Waals surface area contributed by atoms with Crippen LogP contribution in [0.15, 0.2) is 73.4 Å². The Morgan fingerprint density at radius 3 is 1.89 bits per heavy atom. The Bertz CT molecular complexity index is 481. The minimum atomic E-state index is -0.605. The molecule has 2 nitrogen and oxygen atoms in total. The number of nitrogens with one attached hydrogen (secondary N) is 1. The van der Waals surface area contributed by atoms with E-state index in [0.717, 1.165) is 11.1 Å². The number of hydrogen-bond donors (Lipinski definition) is 2. The summed E-state index contributed by atoms with van der Waals surface area (Å²) in [6.07, 6.45) is 1.01. The van der Waals surface area contributed by atoms with Gasteiger partial charge in [-0.05, 0) is 17.3 Å². The van der Waals surface area contributed by atoms with Gasteiger partial charge in [-0.3, -0.25) is 0 Å². The molecule has 2 N–H and O–H groups in total. The molecule has 0 aromatic heterocycles. The molecule has 92 valence electrons. The van der Waals surface area contributed by atoms with Crippen LogP contribution in [0.25, 0.3) is 0 Å². The minimum absolute atomic E-state index is 0.189. The van der Waals surface area contributed by atoms with Gasteiger partial charge in [-0.2, -0.15) is 0 Å². The van der Waals surface area contributed by atoms with Crippen LogP contribution in [-0.2, 0) is 0 Å². The van der Waals surface area contributed by atoms with Crippen molar-refractivity contribution in [3.63, 3.8) is 0 Å². The number of aliphatic hydroxyl groups excluding tert-OH is 1. The van der Waals surface area contributed by atoms with E-state index in [0.29, 0.717) is 0 Å². The number of aliphatic hydroxyl groups is 1. The second-order valence-corrected chi connectivity index (χ2v) is 4.11. The van der Waals surface area contributed by atoms with E-state index in [-0.39, 0.29) is 6.04 Å². The van der Waals surface area contributed by atoms with Crippen molar-refractivity contribution in [2.24, 2.45) is 0 Å². The van der Waals surface area contributed by atoms with E-state index in [4.69, 9.17) is 0 Å². The van der Waals surface area contributed by atoms with Gasteiger partial charge in [0.1, 0.15) is 6.10 Å². The van der Waals surface area contributed by atoms with E-state index in [9.17, 15) is 5.11 Å². The van der Waals surface area contributed by atoms with E-state index in [1.54, 1.807) is 6.20 Å². The summed E-state index contributed by atoms with van der Waals surface area (Å²) in [6.45, 7) is 3.68. The summed E-state index contributed by atoms with van der Waals surface area (Å²) in [5.41, 5.74) is 1.93. The molecule has 18 heavy (non-hydrogen) atoms. The second-order valence-electron chi connectivity index (χ2n) is 4.11. The maximum atomic E-state index is 10.5. The summed E-state index contributed by atoms with van der Waals surface area (Å²) in [5, 5.41) is 13.6. The second kappa shape index (κ2) is 6.03. The molecule has 0 heterocycles. The lowest BCUT2D eigenvalue weighted by molar-refractivity contribution is 0.135. The van der Waals surface area contributed by atoms with Crippen LogP contribution in [0.5, 0.6) is 0 Å². The molecule has 0 aliphatic rings. The zero-order chi connectivity index (χ0) is 12.8. The fourth-order valence-corrected chi connectivity index (χ4v) is 2.00. The Labute approximate surface area is 108 Å². The Hall–Kier alpha value is -2.06. The van der Waals surface area contributed by atoms with Crippen molar-refractivity contribution in [2.75, 3.05) is 0 Å². The third-order valence-corrected chi connectivity index (χ3v) is 2.91. The van der Waals surface area contributed by atoms with Crippen molar-refractivity contribution in [3.05, 3.63) is 84.6 Å². The maximum Gasteiger partial charge on any atom is 0.103 e. The van der Waals surface area contributed by atoms with E-state index in [2.05, 4.69) is 11.9 Å². The molecule has 2 atom stereocenters. The first-order valence-corrected chi connectivity index (χ1v) is 5.98. The average Bonchev–Trinajstić information content (AvgIpc) is 2.46. The SMILES string of the molecule is C=CN[C@H](c1ccccc1)[C@@H](O)c1ccccc1. The van der Waals surface area contributed by atoms with Crippen LogP contribution < -0.4 is 5.32 Å². The summed E-state index contributed by atoms with van der Waals surface area (Å²) in [4.78, 5) is 0. The van der Waals surface area contributed by atoms with Crippen molar-refractivity contribution in [3.8, 4) is 0 Å². The standard InChI is InChI=1S/C16H17NO/c1-2-17-15(13-9-5-3-6-10-13)16(18)14-11-7-4-8-12-14/h2-12,15-18H,1H2/t15-,16+/m1/s1. The van der Waals surface area contributed by atoms with E-state index in [1.807, 2.05) is 60.7 Å². The molecule has 0 spiro atoms. The lowest BCUT2D eigenvalue weighted by Crippen LogP contribution is -2.22. The molecule has 2 rings (SSSR count). The van der Waals surface area contributed by atoms with Crippen LogP contribution in [0.1, 0.15) is 23.3 Å². The van der Waals surface area contributed by atoms with Gasteiger partial charge in [0, 0.05) is 0 Å². The molecule has 0 radical (unpaired) electrons. The highest BCUT2D eigenvalue weighted by atomic mass is 16.3. The lowest BCUT2D eigenvalue weighted by atomic mass is 9.96. The molecule has 0 amide bonds. The third kappa shape index (κ3) is 2.79. The maximum absolute atomic E-state index is 10.5. The highest BCUT2D eigenvalue weighted by Crippen LogP contribution is 2.28. The highest BCUT2D eigenvalue weighted by Gasteiger charge is 2.20. The monoisotopic (exact) mass is 239 g/mol. The first-order chi connectivity index (χ1) is 8.83. The van der Waals surface area contributed by atoms with E-state index in [1.165, 1.54) is 0 Å². The molecule has 0 bridgehead atoms. The van der Waals surface area contributed by atoms with E-state index < -0.39 is 6.10 Å². The predicted molar refractivity (Wildman–Crippen MR) is 73.9 cm³/mol. The topological polar surface area (TPSA) is 32.3 Å². The highest BCUT2D eigenvalue weighted by molar-refractivity contribution is 5.26. The Morgan fingerprint density at radius 2 is 1.39 bits per heavy atom. The molecule has 2 aromatic carbocycles. The molecule has 2 aromatic rings. The summed E-state index contributed by atoms with van der Waals surface area (Å²) in [7, 11) is 0. The molecular formula is C16H17NO. The predicted octanol–water partition coefficient (Wildman–Crippen LogP) is 3.19. The van der Waals surface area contributed by atoms with Crippen LogP contribution in [0.2, 0.25) is 0 Å². The average molecular weight is 239 g/mol. The van der Waals surface area contributed by atoms with Gasteiger partial charge in [0.2, 0.25) is 0 Å². The molecule has 0 aliphatic carbocycles. The van der Waals surface area contributed by atoms with Crippen molar-refractivity contribution >= 4 is 0 Å². The van der Waals surface area contributed by atoms with Crippen LogP contribution >= 0.6 is 0 Å². The zero-order valence-electron chi connectivity index (χ0n) is 10.2. The van der Waals surface area contributed by atoms with Gasteiger partial charge in [0.05, 0.1) is 6.04 Å². The fourth-order valence-electron chi connectivity index (χ4n) is 2.00. The molecule has 0 aliphatic heterocycles. The summed E-state index contributed by atoms with van der Waals surface area (Å²) in [5.74, 6) is 0. The van der Waals surface area contributed by atoms with Gasteiger partial charge in [-0.15, -0.1) is 0 Å². The quantitative estimate of drug-likeness (QED) is 0.839. The third-order valence-electron chi connectivity index (χ3n) is 2.91. The van der Waals surface area contributed by atoms with Gasteiger partial charge in [-0.25, -0.2) is 0 Å². The molecule has 2 heteroatoms. The summed E-state index contributed by atoms with van der Waals surface area (Å²) >= 11 is 0. The van der Waals surface area contributed by atoms with Gasteiger partial charge in [-0.1, -0.05) is 67.2 Å². The van der Waals surface area contributed by atoms with E-state index >= 15 is 0 Å². The molecule has 0 fully saturated rings. The van der Waals surface area contributed by atoms with Crippen LogP contribution in [0.3, 0.4) is 0 Å². The van der Waals surface area contributed by atoms with Gasteiger partial charge in [0.25, 0.3) is 0 Å². The van der Waals surface area contributed by atoms with Crippen LogP contribution in [0.4, 0.5) is 0 Å². The molecule has 0 unspecified atom stereocenters. The Balaban J connectivity index is 2.28. The van der Waals surface area contributed by atoms with Gasteiger partial charge in [0.15, 0.2) is 0 Å². The number of benzene rings is 2. The van der Waals surface area contributed by atoms with Gasteiger partial charge >= 0.3 is 0 Å². The summed E-state index contributed by atoms with van der Waals surface area (Å²) < 4.78 is 0. The van der Waals surface area contributed by atoms with Crippen molar-refractivity contribution in [2.45, 2.75) is 12.1 Å². The fraction of sp³-hybridized carbons (Fsp3) is 0.125. The zero-order valence-corrected chi connectivity index (χ0v) is 10.2. The van der Waals surface area contributed by atoms with Crippen LogP contribution in [0, 0.1) is 0 Å². The number of hydrogen-bond acceptors (Lipinski definition) is 2. The molecule has 0 saturated heterocycles. The molecule has 0 saturated carbocycles. The van der Waals surface area contributed by atoms with Crippen molar-refractivity contribution < 1.29 is 5.11 Å². The minimum Gasteiger partial charge on any atom is -0.386 e. The van der Waals surface area contributed by atoms with Crippen molar-refractivity contribution in [1.29, 1.82) is 0 Å². The lowest BCUT2D eigenvalue weighted by Gasteiger charge is -2.24. The first-order valence-electron chi connectivity index (χ1n) is 5.98. The van der Waals surface area contributed by atoms with Gasteiger partial charge < -0.3 is 10.4 Å². The summed E-state index contributed by atoms with van der Waals surface area (Å²) in [6, 6.07) is 19.3. The normalized spacial score (nSPS) is 13.6. The largest absolute Gasteiger partial charge is 0.386 e. The van der Waals surface area contributed by atoms with Crippen molar-refractivity contribution in [1.82, 2.24) is 5.32 Å². The first kappa shape index (κ1) is 12.4. The Morgan fingerprint density at radius 1 is 0.889 bits per heavy atom. The molecular weight excluding hydrogens is 222 g/mol. The number of rotatable bonds is 5. The smallest absolute Gasteiger partial charge is 0.103 e. The van der Waals surface area contributed by atoms with Crippen LogP contribution in [-0.4, -0.2) is 5.11 Å².